The van der Waals surface area contributed by atoms with Crippen LogP contribution in [-0.2, 0) is 19.9 Å². The third-order valence-corrected chi connectivity index (χ3v) is 7.86. The van der Waals surface area contributed by atoms with Crippen molar-refractivity contribution < 1.29 is 34.1 Å². The highest BCUT2D eigenvalue weighted by Crippen LogP contribution is 2.57. The van der Waals surface area contributed by atoms with Crippen molar-refractivity contribution in [2.45, 2.75) is 25.9 Å². The summed E-state index contributed by atoms with van der Waals surface area (Å²) in [5.41, 5.74) is 3.35. The molecule has 11 nitrogen and oxygen atoms in total. The lowest BCUT2D eigenvalue weighted by Gasteiger charge is -2.38. The van der Waals surface area contributed by atoms with E-state index in [0.717, 1.165) is 28.1 Å². The molecule has 0 bridgehead atoms. The second kappa shape index (κ2) is 13.0. The van der Waals surface area contributed by atoms with E-state index in [1.165, 1.54) is 7.05 Å². The number of hydrogen-bond acceptors (Lipinski definition) is 8. The number of carbonyl (C=O) groups is 3. The van der Waals surface area contributed by atoms with Gasteiger partial charge in [-0.15, -0.1) is 0 Å². The molecule has 43 heavy (non-hydrogen) atoms. The molecule has 0 saturated heterocycles. The first-order valence-electron chi connectivity index (χ1n) is 14.2. The van der Waals surface area contributed by atoms with Crippen molar-refractivity contribution in [1.82, 2.24) is 10.6 Å². The number of benzene rings is 3. The van der Waals surface area contributed by atoms with E-state index in [4.69, 9.17) is 14.2 Å². The summed E-state index contributed by atoms with van der Waals surface area (Å²) in [5.74, 6) is 0.727. The van der Waals surface area contributed by atoms with Crippen molar-refractivity contribution in [3.63, 3.8) is 0 Å². The molecule has 4 N–H and O–H groups in total. The largest absolute Gasteiger partial charge is 0.456 e. The molecule has 0 fully saturated rings. The summed E-state index contributed by atoms with van der Waals surface area (Å²) >= 11 is 0. The zero-order chi connectivity index (χ0) is 29.9. The average molecular weight is 591 g/mol. The smallest absolute Gasteiger partial charge is 0.406 e. The number of carbonyl (C=O) groups excluding carboxylic acids is 3. The number of anilines is 2. The first-order chi connectivity index (χ1) is 20.4. The van der Waals surface area contributed by atoms with Crippen molar-refractivity contribution >= 4 is 29.3 Å². The monoisotopic (exact) mass is 590 g/mol. The summed E-state index contributed by atoms with van der Waals surface area (Å²) in [6, 6.07) is 19.2. The topological polar surface area (TPSA) is 141 Å². The van der Waals surface area contributed by atoms with Crippen LogP contribution in [0.5, 0.6) is 11.5 Å². The van der Waals surface area contributed by atoms with Crippen LogP contribution in [0.25, 0.3) is 0 Å². The fraction of sp³-hybridized carbons (Fsp3) is 0.344. The number of likely N-dealkylation sites (N-methyl/N-ethyl adjacent to an activating group) is 1. The molecule has 0 aromatic heterocycles. The number of amides is 2. The molecular formula is C32H38N4O7. The van der Waals surface area contributed by atoms with E-state index < -0.39 is 11.7 Å². The van der Waals surface area contributed by atoms with Gasteiger partial charge in [0.2, 0.25) is 5.91 Å². The minimum atomic E-state index is -1.17. The summed E-state index contributed by atoms with van der Waals surface area (Å²) in [6.45, 7) is 6.69. The quantitative estimate of drug-likeness (QED) is 0.342. The van der Waals surface area contributed by atoms with Crippen molar-refractivity contribution in [1.29, 1.82) is 0 Å². The Morgan fingerprint density at radius 3 is 2.02 bits per heavy atom. The second-order valence-corrected chi connectivity index (χ2v) is 10.0. The molecule has 2 heterocycles. The van der Waals surface area contributed by atoms with E-state index in [1.54, 1.807) is 13.1 Å². The van der Waals surface area contributed by atoms with Crippen molar-refractivity contribution in [3.05, 3.63) is 82.9 Å². The molecule has 0 radical (unpaired) electrons. The van der Waals surface area contributed by atoms with Crippen molar-refractivity contribution in [3.8, 4) is 11.5 Å². The zero-order valence-electron chi connectivity index (χ0n) is 24.9. The highest BCUT2D eigenvalue weighted by molar-refractivity contribution is 5.97. The van der Waals surface area contributed by atoms with E-state index in [1.807, 2.05) is 68.4 Å². The van der Waals surface area contributed by atoms with E-state index in [9.17, 15) is 14.4 Å². The Labute approximate surface area is 251 Å². The molecule has 2 amide bonds. The van der Waals surface area contributed by atoms with Crippen LogP contribution < -0.4 is 25.2 Å². The van der Waals surface area contributed by atoms with E-state index in [0.29, 0.717) is 49.7 Å². The second-order valence-electron chi connectivity index (χ2n) is 10.0. The minimum absolute atomic E-state index is 0. The normalized spacial score (nSPS) is 15.6. The lowest BCUT2D eigenvalue weighted by Crippen LogP contribution is -2.34. The number of nitrogens with one attached hydrogen (secondary N) is 2. The standard InChI is InChI=1S/C32H36N4O6.H2O/c1-5-35(16-15-29(37)33-3)21-11-13-25-27(19-21)41-28-20-22(36(6-2)17-18-40-31(39)34-4)12-14-26(28)32(25)24-10-8-7-9-23(24)30(38)42-32;/h7-14,19-20H,5-6,15-18H2,1-4H3,(H,33,37)(H,34,39);1H2. The highest BCUT2D eigenvalue weighted by atomic mass is 16.6. The van der Waals surface area contributed by atoms with Crippen LogP contribution in [0.15, 0.2) is 60.7 Å². The van der Waals surface area contributed by atoms with Crippen LogP contribution in [0.4, 0.5) is 16.2 Å². The van der Waals surface area contributed by atoms with Crippen LogP contribution in [0.2, 0.25) is 0 Å². The molecular weight excluding hydrogens is 552 g/mol. The SMILES string of the molecule is CCN(CCOC(=O)NC)c1ccc2c(c1)Oc1cc(N(CC)CCC(=O)NC)ccc1C21OC(=O)c2ccccc21.O. The van der Waals surface area contributed by atoms with Gasteiger partial charge in [-0.2, -0.15) is 0 Å². The third kappa shape index (κ3) is 5.68. The van der Waals surface area contributed by atoms with Crippen molar-refractivity contribution in [2.24, 2.45) is 0 Å². The van der Waals surface area contributed by atoms with E-state index in [2.05, 4.69) is 20.4 Å². The summed E-state index contributed by atoms with van der Waals surface area (Å²) in [6.07, 6.45) is -0.118. The lowest BCUT2D eigenvalue weighted by atomic mass is 9.77. The van der Waals surface area contributed by atoms with Gasteiger partial charge < -0.3 is 40.1 Å². The molecule has 1 spiro atoms. The molecule has 1 atom stereocenters. The predicted molar refractivity (Wildman–Crippen MR) is 163 cm³/mol. The Hall–Kier alpha value is -4.77. The van der Waals surface area contributed by atoms with E-state index in [-0.39, 0.29) is 24.0 Å². The number of rotatable bonds is 10. The molecule has 1 unspecified atom stereocenters. The van der Waals surface area contributed by atoms with Crippen LogP contribution >= 0.6 is 0 Å². The zero-order valence-corrected chi connectivity index (χ0v) is 24.9. The number of alkyl carbamates (subject to hydrolysis) is 1. The Bertz CT molecular complexity index is 1510. The predicted octanol–water partition coefficient (Wildman–Crippen LogP) is 3.57. The number of hydrogen-bond donors (Lipinski definition) is 2. The third-order valence-electron chi connectivity index (χ3n) is 7.86. The number of ether oxygens (including phenoxy) is 3. The first kappa shape index (κ1) is 31.2. The molecule has 0 saturated carbocycles. The van der Waals surface area contributed by atoms with Crippen LogP contribution in [0.3, 0.4) is 0 Å². The summed E-state index contributed by atoms with van der Waals surface area (Å²) in [4.78, 5) is 40.9. The Morgan fingerprint density at radius 1 is 0.837 bits per heavy atom. The van der Waals surface area contributed by atoms with Gasteiger partial charge in [0.25, 0.3) is 0 Å². The number of fused-ring (bicyclic) bond motifs is 6. The number of esters is 1. The van der Waals surface area contributed by atoms with Gasteiger partial charge in [0.15, 0.2) is 5.60 Å². The minimum Gasteiger partial charge on any atom is -0.456 e. The maximum atomic E-state index is 13.2. The van der Waals surface area contributed by atoms with Gasteiger partial charge in [0.1, 0.15) is 18.1 Å². The molecule has 228 valence electrons. The van der Waals surface area contributed by atoms with Crippen LogP contribution in [-0.4, -0.2) is 70.3 Å². The average Bonchev–Trinajstić information content (AvgIpc) is 3.31. The van der Waals surface area contributed by atoms with Gasteiger partial charge in [-0.3, -0.25) is 4.79 Å². The number of nitrogens with zero attached hydrogens (tertiary/aromatic N) is 2. The van der Waals surface area contributed by atoms with Crippen LogP contribution in [0, 0.1) is 0 Å². The lowest BCUT2D eigenvalue weighted by molar-refractivity contribution is -0.120. The van der Waals surface area contributed by atoms with Gasteiger partial charge in [0.05, 0.1) is 12.1 Å². The summed E-state index contributed by atoms with van der Waals surface area (Å²) < 4.78 is 18.1. The molecule has 3 aromatic carbocycles. The Kier molecular flexibility index (Phi) is 9.45. The molecule has 0 aliphatic carbocycles. The Morgan fingerprint density at radius 2 is 1.44 bits per heavy atom. The fourth-order valence-electron chi connectivity index (χ4n) is 5.67. The van der Waals surface area contributed by atoms with Gasteiger partial charge in [0, 0.05) is 80.3 Å². The molecule has 11 heteroatoms. The maximum Gasteiger partial charge on any atom is 0.406 e. The Balaban J connectivity index is 0.00000423. The first-order valence-corrected chi connectivity index (χ1v) is 14.2. The van der Waals surface area contributed by atoms with Crippen molar-refractivity contribution in [2.75, 3.05) is 56.7 Å². The van der Waals surface area contributed by atoms with Gasteiger partial charge in [-0.1, -0.05) is 18.2 Å². The van der Waals surface area contributed by atoms with Gasteiger partial charge in [-0.25, -0.2) is 9.59 Å². The molecule has 2 aliphatic heterocycles. The van der Waals surface area contributed by atoms with Gasteiger partial charge >= 0.3 is 12.1 Å². The van der Waals surface area contributed by atoms with E-state index >= 15 is 0 Å². The molecule has 2 aliphatic rings. The molecule has 5 rings (SSSR count). The highest BCUT2D eigenvalue weighted by Gasteiger charge is 2.53. The summed E-state index contributed by atoms with van der Waals surface area (Å²) in [5, 5.41) is 5.13. The summed E-state index contributed by atoms with van der Waals surface area (Å²) in [7, 11) is 3.15. The fourth-order valence-corrected chi connectivity index (χ4v) is 5.67. The molecule has 3 aromatic rings. The van der Waals surface area contributed by atoms with Crippen LogP contribution in [0.1, 0.15) is 47.3 Å². The maximum absolute atomic E-state index is 13.2. The van der Waals surface area contributed by atoms with Gasteiger partial charge in [-0.05, 0) is 44.2 Å².